The molecule has 0 saturated carbocycles. The van der Waals surface area contributed by atoms with E-state index in [0.29, 0.717) is 48.9 Å². The van der Waals surface area contributed by atoms with E-state index in [4.69, 9.17) is 9.47 Å². The van der Waals surface area contributed by atoms with Crippen LogP contribution in [0.1, 0.15) is 61.8 Å². The van der Waals surface area contributed by atoms with Crippen molar-refractivity contribution in [3.63, 3.8) is 0 Å². The molecule has 2 atom stereocenters. The highest BCUT2D eigenvalue weighted by Gasteiger charge is 2.34. The Morgan fingerprint density at radius 2 is 1.91 bits per heavy atom. The van der Waals surface area contributed by atoms with Crippen molar-refractivity contribution in [1.82, 2.24) is 25.2 Å². The Morgan fingerprint density at radius 3 is 2.61 bits per heavy atom. The summed E-state index contributed by atoms with van der Waals surface area (Å²) in [5.41, 5.74) is 3.77. The van der Waals surface area contributed by atoms with Gasteiger partial charge in [-0.15, -0.1) is 16.4 Å². The third kappa shape index (κ3) is 6.47. The van der Waals surface area contributed by atoms with E-state index in [-0.39, 0.29) is 23.9 Å². The lowest BCUT2D eigenvalue weighted by atomic mass is 9.95. The Bertz CT molecular complexity index is 1610. The van der Waals surface area contributed by atoms with E-state index >= 15 is 0 Å². The predicted octanol–water partition coefficient (Wildman–Crippen LogP) is 4.64. The number of aromatic carboxylic acids is 1. The molecule has 0 spiro atoms. The van der Waals surface area contributed by atoms with Crippen molar-refractivity contribution in [2.45, 2.75) is 58.0 Å². The largest absolute Gasteiger partial charge is 0.497 e. The van der Waals surface area contributed by atoms with Crippen LogP contribution in [0, 0.1) is 6.92 Å². The van der Waals surface area contributed by atoms with Crippen LogP contribution in [0.2, 0.25) is 0 Å². The molecule has 1 amide bonds. The number of methoxy groups -OCH3 is 1. The zero-order valence-corrected chi connectivity index (χ0v) is 25.6. The second-order valence-corrected chi connectivity index (χ2v) is 12.2. The number of hydrogen-bond acceptors (Lipinski definition) is 9. The van der Waals surface area contributed by atoms with Crippen LogP contribution in [0.5, 0.6) is 5.75 Å². The van der Waals surface area contributed by atoms with Crippen LogP contribution in [0.15, 0.2) is 54.6 Å². The molecule has 6 rings (SSSR count). The minimum absolute atomic E-state index is 0.149. The monoisotopic (exact) mass is 616 g/mol. The first-order valence-electron chi connectivity index (χ1n) is 14.8. The molecule has 1 saturated heterocycles. The smallest absolute Gasteiger partial charge is 0.338 e. The van der Waals surface area contributed by atoms with Crippen molar-refractivity contribution in [3.05, 3.63) is 87.6 Å². The van der Waals surface area contributed by atoms with Gasteiger partial charge in [0.25, 0.3) is 5.91 Å². The van der Waals surface area contributed by atoms with Crippen LogP contribution in [0.25, 0.3) is 5.69 Å². The number of thiophene rings is 1. The van der Waals surface area contributed by atoms with Gasteiger partial charge in [0.2, 0.25) is 0 Å². The van der Waals surface area contributed by atoms with Crippen LogP contribution < -0.4 is 15.4 Å². The highest BCUT2D eigenvalue weighted by Crippen LogP contribution is 2.40. The average molecular weight is 617 g/mol. The van der Waals surface area contributed by atoms with E-state index in [1.165, 1.54) is 16.1 Å². The minimum atomic E-state index is -0.958. The summed E-state index contributed by atoms with van der Waals surface area (Å²) in [5.74, 6) is -0.497. The maximum Gasteiger partial charge on any atom is 0.338 e. The van der Waals surface area contributed by atoms with Crippen molar-refractivity contribution >= 4 is 28.2 Å². The number of aromatic nitrogens is 3. The van der Waals surface area contributed by atoms with Crippen molar-refractivity contribution in [2.24, 2.45) is 0 Å². The fourth-order valence-electron chi connectivity index (χ4n) is 5.77. The normalized spacial score (nSPS) is 18.4. The van der Waals surface area contributed by atoms with E-state index in [9.17, 15) is 14.7 Å². The molecule has 0 radical (unpaired) electrons. The molecule has 11 nitrogen and oxygen atoms in total. The fourth-order valence-corrected chi connectivity index (χ4v) is 7.06. The molecule has 2 aliphatic heterocycles. The lowest BCUT2D eigenvalue weighted by molar-refractivity contribution is 0.0344. The molecule has 230 valence electrons. The molecule has 0 bridgehead atoms. The molecule has 3 N–H and O–H groups in total. The predicted molar refractivity (Wildman–Crippen MR) is 167 cm³/mol. The first kappa shape index (κ1) is 29.8. The van der Waals surface area contributed by atoms with Gasteiger partial charge in [-0.3, -0.25) is 9.69 Å². The molecule has 4 heterocycles. The van der Waals surface area contributed by atoms with E-state index in [1.807, 2.05) is 54.6 Å². The number of para-hydroxylation sites is 1. The Labute approximate surface area is 259 Å². The molecule has 2 aromatic heterocycles. The van der Waals surface area contributed by atoms with Crippen LogP contribution >= 0.6 is 11.3 Å². The molecular weight excluding hydrogens is 580 g/mol. The molecule has 4 aromatic rings. The number of benzene rings is 2. The summed E-state index contributed by atoms with van der Waals surface area (Å²) >= 11 is 1.49. The van der Waals surface area contributed by atoms with E-state index in [2.05, 4.69) is 25.7 Å². The Morgan fingerprint density at radius 1 is 1.11 bits per heavy atom. The lowest BCUT2D eigenvalue weighted by Crippen LogP contribution is -2.47. The van der Waals surface area contributed by atoms with Gasteiger partial charge >= 0.3 is 5.97 Å². The second-order valence-electron chi connectivity index (χ2n) is 11.1. The summed E-state index contributed by atoms with van der Waals surface area (Å²) in [7, 11) is 1.64. The first-order valence-corrected chi connectivity index (χ1v) is 15.6. The molecule has 2 aliphatic rings. The number of fused-ring (bicyclic) bond motifs is 1. The molecule has 0 aliphatic carbocycles. The van der Waals surface area contributed by atoms with Gasteiger partial charge in [-0.2, -0.15) is 9.90 Å². The van der Waals surface area contributed by atoms with Gasteiger partial charge in [-0.1, -0.05) is 30.3 Å². The fraction of sp³-hybridized carbons (Fsp3) is 0.375. The number of carboxylic acids is 1. The number of nitrogens with zero attached hydrogens (tertiary/aromatic N) is 4. The molecule has 44 heavy (non-hydrogen) atoms. The van der Waals surface area contributed by atoms with Gasteiger partial charge in [-0.05, 0) is 68.0 Å². The average Bonchev–Trinajstić information content (AvgIpc) is 3.60. The Balaban J connectivity index is 1.24. The molecule has 2 unspecified atom stereocenters. The third-order valence-electron chi connectivity index (χ3n) is 8.11. The van der Waals surface area contributed by atoms with Crippen molar-refractivity contribution < 1.29 is 24.2 Å². The topological polar surface area (TPSA) is 131 Å². The Kier molecular flexibility index (Phi) is 8.91. The lowest BCUT2D eigenvalue weighted by Gasteiger charge is -2.36. The summed E-state index contributed by atoms with van der Waals surface area (Å²) in [5, 5.41) is 26.2. The number of nitrogens with one attached hydrogen (secondary N) is 2. The maximum atomic E-state index is 13.4. The number of ether oxygens (including phenoxy) is 2. The molecule has 1 fully saturated rings. The van der Waals surface area contributed by atoms with Crippen LogP contribution in [-0.2, 0) is 24.2 Å². The minimum Gasteiger partial charge on any atom is -0.497 e. The number of aryl methyl sites for hydroxylation is 1. The SMILES string of the molecule is COc1ccc(CN2Cc3sc(NC4CCCCO4)c(C(=O)O)c3CC2CNC(=O)c2nn(-c3ccccc3)nc2C)cc1. The quantitative estimate of drug-likeness (QED) is 0.233. The van der Waals surface area contributed by atoms with Gasteiger partial charge in [0.1, 0.15) is 17.0 Å². The van der Waals surface area contributed by atoms with E-state index < -0.39 is 5.97 Å². The van der Waals surface area contributed by atoms with Gasteiger partial charge in [-0.25, -0.2) is 4.79 Å². The number of carbonyl (C=O) groups is 2. The number of anilines is 1. The van der Waals surface area contributed by atoms with Crippen LogP contribution in [0.3, 0.4) is 0 Å². The second kappa shape index (κ2) is 13.2. The molecule has 2 aromatic carbocycles. The third-order valence-corrected chi connectivity index (χ3v) is 9.25. The zero-order valence-electron chi connectivity index (χ0n) is 24.8. The maximum absolute atomic E-state index is 13.4. The zero-order chi connectivity index (χ0) is 30.6. The number of carboxylic acid groups (broad SMARTS) is 1. The first-order chi connectivity index (χ1) is 21.4. The Hall–Kier alpha value is -4.26. The van der Waals surface area contributed by atoms with Crippen LogP contribution in [-0.4, -0.2) is 69.4 Å². The van der Waals surface area contributed by atoms with Crippen molar-refractivity contribution in [2.75, 3.05) is 25.6 Å². The van der Waals surface area contributed by atoms with Gasteiger partial charge < -0.3 is 25.2 Å². The van der Waals surface area contributed by atoms with Crippen molar-refractivity contribution in [1.29, 1.82) is 0 Å². The molecule has 12 heteroatoms. The highest BCUT2D eigenvalue weighted by atomic mass is 32.1. The van der Waals surface area contributed by atoms with Gasteiger partial charge in [0.15, 0.2) is 5.69 Å². The standard InChI is InChI=1S/C32H36N6O5S/c1-20-29(36-38(35-20)22-8-4-3-5-9-22)30(39)33-17-23-16-25-26(19-37(23)18-21-11-13-24(42-2)14-12-21)44-31(28(25)32(40)41)34-27-10-6-7-15-43-27/h3-5,8-9,11-14,23,27,34H,6-7,10,15-19H2,1-2H3,(H,33,39)(H,40,41). The van der Waals surface area contributed by atoms with E-state index in [0.717, 1.165) is 46.7 Å². The van der Waals surface area contributed by atoms with Crippen molar-refractivity contribution in [3.8, 4) is 11.4 Å². The van der Waals surface area contributed by atoms with Gasteiger partial charge in [0.05, 0.1) is 24.1 Å². The summed E-state index contributed by atoms with van der Waals surface area (Å²) in [6.45, 7) is 3.93. The summed E-state index contributed by atoms with van der Waals surface area (Å²) in [4.78, 5) is 30.7. The van der Waals surface area contributed by atoms with E-state index in [1.54, 1.807) is 14.0 Å². The summed E-state index contributed by atoms with van der Waals surface area (Å²) in [6, 6.07) is 17.2. The highest BCUT2D eigenvalue weighted by molar-refractivity contribution is 7.16. The van der Waals surface area contributed by atoms with Gasteiger partial charge in [0, 0.05) is 37.2 Å². The number of rotatable bonds is 10. The van der Waals surface area contributed by atoms with Crippen LogP contribution in [0.4, 0.5) is 5.00 Å². The summed E-state index contributed by atoms with van der Waals surface area (Å²) < 4.78 is 11.2. The summed E-state index contributed by atoms with van der Waals surface area (Å²) in [6.07, 6.45) is 3.18. The number of amides is 1. The number of carbonyl (C=O) groups excluding carboxylic acids is 1. The molecular formula is C32H36N6O5S. The number of hydrogen-bond donors (Lipinski definition) is 3.